The van der Waals surface area contributed by atoms with Crippen molar-refractivity contribution in [3.63, 3.8) is 0 Å². The lowest BCUT2D eigenvalue weighted by molar-refractivity contribution is -0.128. The van der Waals surface area contributed by atoms with E-state index < -0.39 is 5.25 Å². The fourth-order valence-electron chi connectivity index (χ4n) is 3.49. The second-order valence-corrected chi connectivity index (χ2v) is 8.61. The van der Waals surface area contributed by atoms with Gasteiger partial charge in [-0.15, -0.1) is 0 Å². The molecule has 7 heteroatoms. The molecule has 1 aliphatic heterocycles. The number of rotatable bonds is 5. The molecule has 5 nitrogen and oxygen atoms in total. The second-order valence-electron chi connectivity index (χ2n) is 7.01. The van der Waals surface area contributed by atoms with Crippen molar-refractivity contribution in [3.05, 3.63) is 29.3 Å². The first kappa shape index (κ1) is 20.2. The number of halogens is 1. The maximum absolute atomic E-state index is 12.7. The van der Waals surface area contributed by atoms with Crippen LogP contribution in [0, 0.1) is 0 Å². The van der Waals surface area contributed by atoms with Crippen LogP contribution in [-0.4, -0.2) is 39.7 Å². The lowest BCUT2D eigenvalue weighted by Gasteiger charge is -2.16. The number of carbonyl (C=O) groups is 2. The standard InChI is InChI=1S/C20H26ClN3O2S/c1-2-24-19(26)17(13-18(25)22-16-11-9-14(21)10-12-16)27-20(24)23-15-7-5-3-4-6-8-15/h9-12,15,17H,2-8,13H2,1H3,(H,22,25)/t17-/m1/s1. The van der Waals surface area contributed by atoms with Gasteiger partial charge in [-0.05, 0) is 44.0 Å². The van der Waals surface area contributed by atoms with Crippen LogP contribution in [0.15, 0.2) is 29.3 Å². The monoisotopic (exact) mass is 407 g/mol. The number of thioether (sulfide) groups is 1. The van der Waals surface area contributed by atoms with Gasteiger partial charge < -0.3 is 5.32 Å². The summed E-state index contributed by atoms with van der Waals surface area (Å²) >= 11 is 7.30. The number of amidine groups is 1. The van der Waals surface area contributed by atoms with Crippen molar-refractivity contribution in [1.29, 1.82) is 0 Å². The van der Waals surface area contributed by atoms with Crippen LogP contribution in [0.4, 0.5) is 5.69 Å². The largest absolute Gasteiger partial charge is 0.326 e. The van der Waals surface area contributed by atoms with Gasteiger partial charge in [-0.25, -0.2) is 0 Å². The van der Waals surface area contributed by atoms with Gasteiger partial charge in [0, 0.05) is 23.7 Å². The Hall–Kier alpha value is -1.53. The molecule has 0 spiro atoms. The molecule has 1 heterocycles. The third-order valence-electron chi connectivity index (χ3n) is 4.95. The van der Waals surface area contributed by atoms with Crippen molar-refractivity contribution in [2.45, 2.75) is 63.2 Å². The number of hydrogen-bond donors (Lipinski definition) is 1. The highest BCUT2D eigenvalue weighted by molar-refractivity contribution is 8.15. The Balaban J connectivity index is 1.62. The minimum atomic E-state index is -0.401. The molecule has 2 fully saturated rings. The summed E-state index contributed by atoms with van der Waals surface area (Å²) in [6.07, 6.45) is 7.30. The van der Waals surface area contributed by atoms with E-state index in [-0.39, 0.29) is 18.2 Å². The zero-order chi connectivity index (χ0) is 19.2. The average molecular weight is 408 g/mol. The van der Waals surface area contributed by atoms with E-state index >= 15 is 0 Å². The highest BCUT2D eigenvalue weighted by Gasteiger charge is 2.38. The third-order valence-corrected chi connectivity index (χ3v) is 6.39. The van der Waals surface area contributed by atoms with Gasteiger partial charge in [-0.3, -0.25) is 19.5 Å². The Morgan fingerprint density at radius 3 is 2.52 bits per heavy atom. The smallest absolute Gasteiger partial charge is 0.242 e. The molecule has 1 aliphatic carbocycles. The number of amides is 2. The Labute approximate surface area is 169 Å². The number of hydrogen-bond acceptors (Lipinski definition) is 4. The van der Waals surface area contributed by atoms with Crippen molar-refractivity contribution in [2.75, 3.05) is 11.9 Å². The minimum absolute atomic E-state index is 0.0128. The van der Waals surface area contributed by atoms with Crippen LogP contribution in [0.1, 0.15) is 51.9 Å². The van der Waals surface area contributed by atoms with Crippen molar-refractivity contribution >= 4 is 46.0 Å². The lowest BCUT2D eigenvalue weighted by atomic mass is 10.1. The highest BCUT2D eigenvalue weighted by atomic mass is 35.5. The van der Waals surface area contributed by atoms with E-state index in [1.54, 1.807) is 29.2 Å². The lowest BCUT2D eigenvalue weighted by Crippen LogP contribution is -2.33. The van der Waals surface area contributed by atoms with Gasteiger partial charge in [0.1, 0.15) is 5.25 Å². The van der Waals surface area contributed by atoms with Crippen LogP contribution in [0.5, 0.6) is 0 Å². The van der Waals surface area contributed by atoms with Crippen molar-refractivity contribution in [2.24, 2.45) is 4.99 Å². The molecule has 1 aromatic carbocycles. The van der Waals surface area contributed by atoms with Crippen molar-refractivity contribution in [1.82, 2.24) is 4.90 Å². The molecule has 0 radical (unpaired) electrons. The minimum Gasteiger partial charge on any atom is -0.326 e. The maximum Gasteiger partial charge on any atom is 0.242 e. The van der Waals surface area contributed by atoms with Gasteiger partial charge in [-0.1, -0.05) is 49.0 Å². The van der Waals surface area contributed by atoms with E-state index in [9.17, 15) is 9.59 Å². The zero-order valence-electron chi connectivity index (χ0n) is 15.6. The van der Waals surface area contributed by atoms with Gasteiger partial charge in [-0.2, -0.15) is 0 Å². The predicted molar refractivity (Wildman–Crippen MR) is 112 cm³/mol. The summed E-state index contributed by atoms with van der Waals surface area (Å²) in [6.45, 7) is 2.55. The zero-order valence-corrected chi connectivity index (χ0v) is 17.2. The van der Waals surface area contributed by atoms with Crippen LogP contribution in [0.3, 0.4) is 0 Å². The topological polar surface area (TPSA) is 61.8 Å². The Bertz CT molecular complexity index is 700. The average Bonchev–Trinajstić information content (AvgIpc) is 2.81. The summed E-state index contributed by atoms with van der Waals surface area (Å²) < 4.78 is 0. The second kappa shape index (κ2) is 9.60. The first-order valence-electron chi connectivity index (χ1n) is 9.68. The van der Waals surface area contributed by atoms with Crippen molar-refractivity contribution in [3.8, 4) is 0 Å². The van der Waals surface area contributed by atoms with Crippen LogP contribution >= 0.6 is 23.4 Å². The normalized spacial score (nSPS) is 22.9. The van der Waals surface area contributed by atoms with Gasteiger partial charge in [0.25, 0.3) is 0 Å². The number of nitrogens with one attached hydrogen (secondary N) is 1. The Morgan fingerprint density at radius 1 is 1.22 bits per heavy atom. The van der Waals surface area contributed by atoms with Crippen LogP contribution in [0.25, 0.3) is 0 Å². The number of anilines is 1. The number of benzene rings is 1. The molecule has 1 saturated heterocycles. The highest BCUT2D eigenvalue weighted by Crippen LogP contribution is 2.31. The molecule has 0 bridgehead atoms. The fraction of sp³-hybridized carbons (Fsp3) is 0.550. The quantitative estimate of drug-likeness (QED) is 0.719. The van der Waals surface area contributed by atoms with E-state index in [1.807, 2.05) is 6.92 Å². The van der Waals surface area contributed by atoms with Crippen LogP contribution in [0.2, 0.25) is 5.02 Å². The molecule has 146 valence electrons. The molecule has 3 rings (SSSR count). The van der Waals surface area contributed by atoms with E-state index in [0.29, 0.717) is 23.3 Å². The molecule has 0 unspecified atom stereocenters. The van der Waals surface area contributed by atoms with E-state index in [0.717, 1.165) is 18.0 Å². The number of nitrogens with zero attached hydrogens (tertiary/aromatic N) is 2. The molecule has 1 N–H and O–H groups in total. The van der Waals surface area contributed by atoms with E-state index in [2.05, 4.69) is 5.32 Å². The number of aliphatic imine (C=N–C) groups is 1. The molecular formula is C20H26ClN3O2S. The molecule has 0 aromatic heterocycles. The summed E-state index contributed by atoms with van der Waals surface area (Å²) in [5, 5.41) is 3.84. The molecule has 1 saturated carbocycles. The summed E-state index contributed by atoms with van der Waals surface area (Å²) in [7, 11) is 0. The SMILES string of the molecule is CCN1C(=O)[C@@H](CC(=O)Nc2ccc(Cl)cc2)SC1=NC1CCCCCC1. The fourth-order valence-corrected chi connectivity index (χ4v) is 4.89. The molecular weight excluding hydrogens is 382 g/mol. The first-order chi connectivity index (χ1) is 13.1. The van der Waals surface area contributed by atoms with Gasteiger partial charge in [0.15, 0.2) is 5.17 Å². The molecule has 27 heavy (non-hydrogen) atoms. The van der Waals surface area contributed by atoms with Gasteiger partial charge in [0.05, 0.1) is 6.04 Å². The molecule has 2 amide bonds. The van der Waals surface area contributed by atoms with Gasteiger partial charge in [0.2, 0.25) is 11.8 Å². The van der Waals surface area contributed by atoms with E-state index in [4.69, 9.17) is 16.6 Å². The summed E-state index contributed by atoms with van der Waals surface area (Å²) in [6, 6.07) is 7.26. The molecule has 2 aliphatic rings. The molecule has 1 aromatic rings. The van der Waals surface area contributed by atoms with E-state index in [1.165, 1.54) is 37.4 Å². The summed E-state index contributed by atoms with van der Waals surface area (Å²) in [4.78, 5) is 31.7. The molecule has 1 atom stereocenters. The van der Waals surface area contributed by atoms with Crippen LogP contribution in [-0.2, 0) is 9.59 Å². The Kier molecular flexibility index (Phi) is 7.19. The first-order valence-corrected chi connectivity index (χ1v) is 10.9. The summed E-state index contributed by atoms with van der Waals surface area (Å²) in [5.41, 5.74) is 0.680. The maximum atomic E-state index is 12.7. The number of carbonyl (C=O) groups excluding carboxylic acids is 2. The summed E-state index contributed by atoms with van der Waals surface area (Å²) in [5.74, 6) is -0.184. The third kappa shape index (κ3) is 5.48. The van der Waals surface area contributed by atoms with Crippen LogP contribution < -0.4 is 5.32 Å². The van der Waals surface area contributed by atoms with Gasteiger partial charge >= 0.3 is 0 Å². The van der Waals surface area contributed by atoms with Crippen molar-refractivity contribution < 1.29 is 9.59 Å². The Morgan fingerprint density at radius 2 is 1.89 bits per heavy atom. The predicted octanol–water partition coefficient (Wildman–Crippen LogP) is 4.71.